The van der Waals surface area contributed by atoms with Gasteiger partial charge in [-0.25, -0.2) is 13.4 Å². The summed E-state index contributed by atoms with van der Waals surface area (Å²) in [5.74, 6) is 0.483. The Labute approximate surface area is 151 Å². The van der Waals surface area contributed by atoms with Crippen molar-refractivity contribution in [3.8, 4) is 11.4 Å². The van der Waals surface area contributed by atoms with E-state index in [1.54, 1.807) is 41.2 Å². The summed E-state index contributed by atoms with van der Waals surface area (Å²) in [6.45, 7) is 1.87. The Kier molecular flexibility index (Phi) is 4.83. The summed E-state index contributed by atoms with van der Waals surface area (Å²) in [6.07, 6.45) is 3.49. The van der Waals surface area contributed by atoms with Crippen molar-refractivity contribution < 1.29 is 18.4 Å². The van der Waals surface area contributed by atoms with Crippen molar-refractivity contribution in [3.63, 3.8) is 0 Å². The first-order valence-electron chi connectivity index (χ1n) is 7.65. The molecule has 0 fully saturated rings. The summed E-state index contributed by atoms with van der Waals surface area (Å²) in [5.41, 5.74) is 3.88. The molecule has 0 radical (unpaired) electrons. The van der Waals surface area contributed by atoms with E-state index in [0.29, 0.717) is 11.4 Å². The third-order valence-corrected chi connectivity index (χ3v) is 5.16. The van der Waals surface area contributed by atoms with Gasteiger partial charge in [0.15, 0.2) is 0 Å². The van der Waals surface area contributed by atoms with Crippen LogP contribution in [0.5, 0.6) is 5.75 Å². The lowest BCUT2D eigenvalue weighted by molar-refractivity contribution is 0.387. The number of nitrogens with zero attached hydrogens (tertiary/aromatic N) is 2. The number of nitrogens with one attached hydrogen (secondary N) is 2. The molecule has 0 unspecified atom stereocenters. The average molecular weight is 374 g/mol. The van der Waals surface area contributed by atoms with Crippen LogP contribution >= 0.6 is 0 Å². The van der Waals surface area contributed by atoms with Gasteiger partial charge < -0.3 is 9.30 Å². The molecule has 0 aliphatic heterocycles. The molecule has 0 bridgehead atoms. The highest BCUT2D eigenvalue weighted by molar-refractivity contribution is 7.92. The first-order valence-corrected chi connectivity index (χ1v) is 9.14. The van der Waals surface area contributed by atoms with Gasteiger partial charge >= 0.3 is 0 Å². The van der Waals surface area contributed by atoms with Crippen LogP contribution in [0.4, 0.5) is 11.4 Å². The average Bonchev–Trinajstić information content (AvgIpc) is 3.07. The standard InChI is InChI=1S/C17H18N4O4S/c1-12-10-21(11-18-12)15-8-7-13(9-16(15)25-2)20-26(23,24)17-6-4-3-5-14(17)19-22/h3-11,19-20,22H,1-2H3. The van der Waals surface area contributed by atoms with Crippen LogP contribution in [0.1, 0.15) is 5.69 Å². The summed E-state index contributed by atoms with van der Waals surface area (Å²) >= 11 is 0. The Morgan fingerprint density at radius 2 is 1.96 bits per heavy atom. The molecule has 3 N–H and O–H groups in total. The number of hydrogen-bond donors (Lipinski definition) is 3. The summed E-state index contributed by atoms with van der Waals surface area (Å²) in [4.78, 5) is 4.10. The molecule has 0 spiro atoms. The van der Waals surface area contributed by atoms with Crippen LogP contribution in [0.3, 0.4) is 0 Å². The lowest BCUT2D eigenvalue weighted by Gasteiger charge is -2.14. The van der Waals surface area contributed by atoms with E-state index < -0.39 is 10.0 Å². The molecule has 1 aromatic heterocycles. The number of aromatic nitrogens is 2. The Hall–Kier alpha value is -3.04. The van der Waals surface area contributed by atoms with Crippen molar-refractivity contribution in [2.75, 3.05) is 17.3 Å². The maximum Gasteiger partial charge on any atom is 0.264 e. The van der Waals surface area contributed by atoms with Crippen LogP contribution in [0.25, 0.3) is 5.69 Å². The van der Waals surface area contributed by atoms with Crippen LogP contribution in [0.2, 0.25) is 0 Å². The maximum absolute atomic E-state index is 12.6. The number of ether oxygens (including phenoxy) is 1. The van der Waals surface area contributed by atoms with E-state index in [-0.39, 0.29) is 10.6 Å². The van der Waals surface area contributed by atoms with Crippen molar-refractivity contribution >= 4 is 21.4 Å². The largest absolute Gasteiger partial charge is 0.494 e. The van der Waals surface area contributed by atoms with Gasteiger partial charge in [0.25, 0.3) is 10.0 Å². The Bertz CT molecular complexity index is 1030. The van der Waals surface area contributed by atoms with E-state index in [9.17, 15) is 8.42 Å². The first kappa shape index (κ1) is 17.8. The molecule has 0 atom stereocenters. The minimum Gasteiger partial charge on any atom is -0.494 e. The van der Waals surface area contributed by atoms with Gasteiger partial charge in [-0.3, -0.25) is 15.4 Å². The third-order valence-electron chi connectivity index (χ3n) is 3.72. The van der Waals surface area contributed by atoms with Gasteiger partial charge in [-0.1, -0.05) is 12.1 Å². The van der Waals surface area contributed by atoms with E-state index in [1.807, 2.05) is 18.6 Å². The monoisotopic (exact) mass is 374 g/mol. The molecule has 9 heteroatoms. The van der Waals surface area contributed by atoms with Gasteiger partial charge in [-0.15, -0.1) is 0 Å². The van der Waals surface area contributed by atoms with Crippen LogP contribution in [-0.4, -0.2) is 30.3 Å². The molecule has 0 amide bonds. The number of imidazole rings is 1. The predicted octanol–water partition coefficient (Wildman–Crippen LogP) is 2.79. The molecule has 8 nitrogen and oxygen atoms in total. The maximum atomic E-state index is 12.6. The molecule has 0 saturated heterocycles. The highest BCUT2D eigenvalue weighted by Crippen LogP contribution is 2.29. The number of hydrogen-bond acceptors (Lipinski definition) is 6. The molecule has 3 aromatic rings. The molecule has 26 heavy (non-hydrogen) atoms. The fourth-order valence-electron chi connectivity index (χ4n) is 2.51. The molecule has 0 saturated carbocycles. The van der Waals surface area contributed by atoms with Crippen LogP contribution < -0.4 is 14.9 Å². The minimum atomic E-state index is -3.90. The van der Waals surface area contributed by atoms with E-state index in [4.69, 9.17) is 9.94 Å². The number of rotatable bonds is 6. The quantitative estimate of drug-likeness (QED) is 0.573. The Morgan fingerprint density at radius 1 is 1.19 bits per heavy atom. The molecule has 136 valence electrons. The highest BCUT2D eigenvalue weighted by atomic mass is 32.2. The van der Waals surface area contributed by atoms with E-state index in [2.05, 4.69) is 9.71 Å². The second-order valence-electron chi connectivity index (χ2n) is 5.52. The number of sulfonamides is 1. The zero-order chi connectivity index (χ0) is 18.7. The van der Waals surface area contributed by atoms with Crippen molar-refractivity contribution in [2.24, 2.45) is 0 Å². The van der Waals surface area contributed by atoms with Crippen molar-refractivity contribution in [1.82, 2.24) is 9.55 Å². The lowest BCUT2D eigenvalue weighted by Crippen LogP contribution is -2.15. The summed E-state index contributed by atoms with van der Waals surface area (Å²) in [7, 11) is -2.40. The second-order valence-corrected chi connectivity index (χ2v) is 7.17. The fourth-order valence-corrected chi connectivity index (χ4v) is 3.72. The number of methoxy groups -OCH3 is 1. The fraction of sp³-hybridized carbons (Fsp3) is 0.118. The van der Waals surface area contributed by atoms with E-state index >= 15 is 0 Å². The number of para-hydroxylation sites is 1. The molecule has 1 heterocycles. The number of benzene rings is 2. The van der Waals surface area contributed by atoms with Crippen LogP contribution in [-0.2, 0) is 10.0 Å². The van der Waals surface area contributed by atoms with E-state index in [0.717, 1.165) is 11.4 Å². The van der Waals surface area contributed by atoms with Crippen LogP contribution in [0, 0.1) is 6.92 Å². The van der Waals surface area contributed by atoms with Crippen molar-refractivity contribution in [3.05, 3.63) is 60.7 Å². The van der Waals surface area contributed by atoms with Gasteiger partial charge in [0, 0.05) is 12.3 Å². The molecule has 0 aliphatic carbocycles. The SMILES string of the molecule is COc1cc(NS(=O)(=O)c2ccccc2NO)ccc1-n1cnc(C)c1. The smallest absolute Gasteiger partial charge is 0.264 e. The predicted molar refractivity (Wildman–Crippen MR) is 97.5 cm³/mol. The van der Waals surface area contributed by atoms with Gasteiger partial charge in [0.05, 0.1) is 36.2 Å². The Morgan fingerprint density at radius 3 is 2.62 bits per heavy atom. The summed E-state index contributed by atoms with van der Waals surface area (Å²) in [6, 6.07) is 11.0. The molecular formula is C17H18N4O4S. The van der Waals surface area contributed by atoms with Gasteiger partial charge in [-0.05, 0) is 31.2 Å². The zero-order valence-electron chi connectivity index (χ0n) is 14.2. The molecule has 3 rings (SSSR count). The number of anilines is 2. The topological polar surface area (TPSA) is 105 Å². The zero-order valence-corrected chi connectivity index (χ0v) is 15.0. The van der Waals surface area contributed by atoms with Gasteiger partial charge in [0.1, 0.15) is 10.6 Å². The normalized spacial score (nSPS) is 11.2. The molecular weight excluding hydrogens is 356 g/mol. The molecule has 2 aromatic carbocycles. The Balaban J connectivity index is 1.95. The minimum absolute atomic E-state index is 0.0734. The number of aryl methyl sites for hydroxylation is 1. The molecule has 0 aliphatic rings. The summed E-state index contributed by atoms with van der Waals surface area (Å²) in [5, 5.41) is 9.12. The lowest BCUT2D eigenvalue weighted by atomic mass is 10.2. The first-order chi connectivity index (χ1) is 12.4. The van der Waals surface area contributed by atoms with Gasteiger partial charge in [-0.2, -0.15) is 0 Å². The van der Waals surface area contributed by atoms with Crippen molar-refractivity contribution in [1.29, 1.82) is 0 Å². The van der Waals surface area contributed by atoms with Crippen LogP contribution in [0.15, 0.2) is 59.9 Å². The van der Waals surface area contributed by atoms with Crippen molar-refractivity contribution in [2.45, 2.75) is 11.8 Å². The van der Waals surface area contributed by atoms with E-state index in [1.165, 1.54) is 19.2 Å². The second kappa shape index (κ2) is 7.06. The third kappa shape index (κ3) is 3.48. The highest BCUT2D eigenvalue weighted by Gasteiger charge is 2.19. The summed E-state index contributed by atoms with van der Waals surface area (Å²) < 4.78 is 34.9. The van der Waals surface area contributed by atoms with Gasteiger partial charge in [0.2, 0.25) is 0 Å².